The molecule has 0 saturated heterocycles. The molecule has 1 aliphatic heterocycles. The van der Waals surface area contributed by atoms with Gasteiger partial charge < -0.3 is 10.6 Å². The minimum Gasteiger partial charge on any atom is -0.384 e. The third-order valence-corrected chi connectivity index (χ3v) is 5.05. The van der Waals surface area contributed by atoms with E-state index in [0.717, 1.165) is 34.4 Å². The molecule has 2 heterocycles. The van der Waals surface area contributed by atoms with Gasteiger partial charge in [-0.1, -0.05) is 0 Å². The van der Waals surface area contributed by atoms with Gasteiger partial charge in [0.2, 0.25) is 0 Å². The lowest BCUT2D eigenvalue weighted by Gasteiger charge is -2.06. The number of anilines is 1. The monoisotopic (exact) mass is 350 g/mol. The van der Waals surface area contributed by atoms with Gasteiger partial charge in [0.05, 0.1) is 3.79 Å². The molecule has 0 fully saturated rings. The number of carbonyl (C=O) groups is 1. The summed E-state index contributed by atoms with van der Waals surface area (Å²) in [6.07, 6.45) is 1.87. The molecule has 1 amide bonds. The maximum atomic E-state index is 12.1. The lowest BCUT2D eigenvalue weighted by molar-refractivity contribution is 0.0954. The van der Waals surface area contributed by atoms with Crippen LogP contribution >= 0.6 is 27.3 Å². The van der Waals surface area contributed by atoms with Crippen LogP contribution in [-0.2, 0) is 12.8 Å². The number of hydrogen-bond acceptors (Lipinski definition) is 3. The SMILES string of the molecule is O=C(NCCc1ccc(Br)s1)c1ccc2c(c1)CCN2. The van der Waals surface area contributed by atoms with Crippen molar-refractivity contribution in [3.63, 3.8) is 0 Å². The fourth-order valence-corrected chi connectivity index (χ4v) is 3.82. The van der Waals surface area contributed by atoms with Crippen LogP contribution in [-0.4, -0.2) is 19.0 Å². The smallest absolute Gasteiger partial charge is 0.251 e. The molecule has 2 N–H and O–H groups in total. The van der Waals surface area contributed by atoms with Crippen molar-refractivity contribution in [1.82, 2.24) is 5.32 Å². The van der Waals surface area contributed by atoms with E-state index >= 15 is 0 Å². The highest BCUT2D eigenvalue weighted by Crippen LogP contribution is 2.23. The number of amides is 1. The van der Waals surface area contributed by atoms with Crippen molar-refractivity contribution in [2.45, 2.75) is 12.8 Å². The van der Waals surface area contributed by atoms with E-state index < -0.39 is 0 Å². The Labute approximate surface area is 130 Å². The molecule has 2 aromatic rings. The number of benzene rings is 1. The Balaban J connectivity index is 1.56. The van der Waals surface area contributed by atoms with Crippen molar-refractivity contribution >= 4 is 38.9 Å². The quantitative estimate of drug-likeness (QED) is 0.886. The van der Waals surface area contributed by atoms with Crippen LogP contribution in [0.4, 0.5) is 5.69 Å². The first-order valence-electron chi connectivity index (χ1n) is 6.61. The highest BCUT2D eigenvalue weighted by atomic mass is 79.9. The molecule has 0 atom stereocenters. The average molecular weight is 351 g/mol. The summed E-state index contributed by atoms with van der Waals surface area (Å²) in [4.78, 5) is 13.4. The van der Waals surface area contributed by atoms with Gasteiger partial charge in [0.15, 0.2) is 0 Å². The zero-order chi connectivity index (χ0) is 13.9. The highest BCUT2D eigenvalue weighted by Gasteiger charge is 2.13. The summed E-state index contributed by atoms with van der Waals surface area (Å²) in [5.41, 5.74) is 3.14. The molecule has 3 nitrogen and oxygen atoms in total. The molecular weight excluding hydrogens is 336 g/mol. The molecule has 5 heteroatoms. The summed E-state index contributed by atoms with van der Waals surface area (Å²) >= 11 is 5.15. The van der Waals surface area contributed by atoms with Gasteiger partial charge in [0.25, 0.3) is 5.91 Å². The number of hydrogen-bond donors (Lipinski definition) is 2. The molecule has 0 bridgehead atoms. The Hall–Kier alpha value is -1.33. The molecular formula is C15H15BrN2OS. The summed E-state index contributed by atoms with van der Waals surface area (Å²) < 4.78 is 1.13. The van der Waals surface area contributed by atoms with E-state index in [1.165, 1.54) is 10.4 Å². The number of rotatable bonds is 4. The van der Waals surface area contributed by atoms with Crippen LogP contribution in [0.5, 0.6) is 0 Å². The van der Waals surface area contributed by atoms with E-state index in [9.17, 15) is 4.79 Å². The van der Waals surface area contributed by atoms with Crippen molar-refractivity contribution in [2.24, 2.45) is 0 Å². The van der Waals surface area contributed by atoms with Gasteiger partial charge in [-0.2, -0.15) is 0 Å². The molecule has 0 spiro atoms. The van der Waals surface area contributed by atoms with Crippen LogP contribution in [0.3, 0.4) is 0 Å². The van der Waals surface area contributed by atoms with Crippen molar-refractivity contribution < 1.29 is 4.79 Å². The molecule has 3 rings (SSSR count). The maximum absolute atomic E-state index is 12.1. The van der Waals surface area contributed by atoms with Crippen molar-refractivity contribution in [1.29, 1.82) is 0 Å². The summed E-state index contributed by atoms with van der Waals surface area (Å²) in [6, 6.07) is 9.99. The van der Waals surface area contributed by atoms with Gasteiger partial charge in [0, 0.05) is 29.2 Å². The number of halogens is 1. The lowest BCUT2D eigenvalue weighted by atomic mass is 10.1. The second-order valence-corrected chi connectivity index (χ2v) is 7.31. The molecule has 0 radical (unpaired) electrons. The molecule has 0 saturated carbocycles. The summed E-state index contributed by atoms with van der Waals surface area (Å²) in [6.45, 7) is 1.63. The number of carbonyl (C=O) groups excluding carboxylic acids is 1. The van der Waals surface area contributed by atoms with Gasteiger partial charge in [-0.3, -0.25) is 4.79 Å². The van der Waals surface area contributed by atoms with Crippen LogP contribution in [0.15, 0.2) is 34.1 Å². The largest absolute Gasteiger partial charge is 0.384 e. The molecule has 0 aliphatic carbocycles. The summed E-state index contributed by atoms with van der Waals surface area (Å²) in [5, 5.41) is 6.28. The average Bonchev–Trinajstić information content (AvgIpc) is 3.06. The van der Waals surface area contributed by atoms with Gasteiger partial charge in [-0.05, 0) is 64.7 Å². The van der Waals surface area contributed by atoms with E-state index in [-0.39, 0.29) is 5.91 Å². The van der Waals surface area contributed by atoms with Crippen LogP contribution in [0.25, 0.3) is 0 Å². The first-order chi connectivity index (χ1) is 9.72. The first-order valence-corrected chi connectivity index (χ1v) is 8.22. The molecule has 0 unspecified atom stereocenters. The number of thiophene rings is 1. The van der Waals surface area contributed by atoms with E-state index in [1.54, 1.807) is 11.3 Å². The van der Waals surface area contributed by atoms with E-state index in [1.807, 2.05) is 24.3 Å². The maximum Gasteiger partial charge on any atom is 0.251 e. The van der Waals surface area contributed by atoms with E-state index in [0.29, 0.717) is 6.54 Å². The second-order valence-electron chi connectivity index (χ2n) is 4.76. The van der Waals surface area contributed by atoms with E-state index in [4.69, 9.17) is 0 Å². The lowest BCUT2D eigenvalue weighted by Crippen LogP contribution is -2.25. The predicted octanol–water partition coefficient (Wildman–Crippen LogP) is 3.45. The van der Waals surface area contributed by atoms with Crippen LogP contribution in [0, 0.1) is 0 Å². The van der Waals surface area contributed by atoms with Crippen LogP contribution in [0.1, 0.15) is 20.8 Å². The third kappa shape index (κ3) is 3.04. The topological polar surface area (TPSA) is 41.1 Å². The standard InChI is InChI=1S/C15H15BrN2OS/c16-14-4-2-12(20-14)6-8-18-15(19)11-1-3-13-10(9-11)5-7-17-13/h1-4,9,17H,5-8H2,(H,18,19). The van der Waals surface area contributed by atoms with Gasteiger partial charge >= 0.3 is 0 Å². The Morgan fingerprint density at radius 2 is 2.25 bits per heavy atom. The Kier molecular flexibility index (Phi) is 4.08. The Morgan fingerprint density at radius 1 is 1.35 bits per heavy atom. The summed E-state index contributed by atoms with van der Waals surface area (Å²) in [7, 11) is 0. The molecule has 20 heavy (non-hydrogen) atoms. The minimum absolute atomic E-state index is 0.00956. The van der Waals surface area contributed by atoms with Gasteiger partial charge in [0.1, 0.15) is 0 Å². The Bertz CT molecular complexity index is 639. The molecule has 1 aliphatic rings. The fourth-order valence-electron chi connectivity index (χ4n) is 2.33. The fraction of sp³-hybridized carbons (Fsp3) is 0.267. The first kappa shape index (κ1) is 13.6. The normalized spacial score (nSPS) is 12.8. The predicted molar refractivity (Wildman–Crippen MR) is 86.7 cm³/mol. The minimum atomic E-state index is 0.00956. The zero-order valence-electron chi connectivity index (χ0n) is 10.9. The number of fused-ring (bicyclic) bond motifs is 1. The highest BCUT2D eigenvalue weighted by molar-refractivity contribution is 9.11. The number of nitrogens with one attached hydrogen (secondary N) is 2. The van der Waals surface area contributed by atoms with Gasteiger partial charge in [-0.25, -0.2) is 0 Å². The third-order valence-electron chi connectivity index (χ3n) is 3.36. The van der Waals surface area contributed by atoms with Crippen molar-refractivity contribution in [3.05, 3.63) is 50.1 Å². The molecule has 1 aromatic heterocycles. The second kappa shape index (κ2) is 5.97. The van der Waals surface area contributed by atoms with Crippen LogP contribution < -0.4 is 10.6 Å². The van der Waals surface area contributed by atoms with Gasteiger partial charge in [-0.15, -0.1) is 11.3 Å². The van der Waals surface area contributed by atoms with E-state index in [2.05, 4.69) is 32.6 Å². The molecule has 1 aromatic carbocycles. The molecule has 104 valence electrons. The zero-order valence-corrected chi connectivity index (χ0v) is 13.3. The van der Waals surface area contributed by atoms with Crippen LogP contribution in [0.2, 0.25) is 0 Å². The van der Waals surface area contributed by atoms with Crippen molar-refractivity contribution in [3.8, 4) is 0 Å². The van der Waals surface area contributed by atoms with Crippen molar-refractivity contribution in [2.75, 3.05) is 18.4 Å². The summed E-state index contributed by atoms with van der Waals surface area (Å²) in [5.74, 6) is 0.00956. The Morgan fingerprint density at radius 3 is 3.05 bits per heavy atom.